The number of ether oxygens (including phenoxy) is 6. The summed E-state index contributed by atoms with van der Waals surface area (Å²) in [6.07, 6.45) is -27.8. The van der Waals surface area contributed by atoms with Gasteiger partial charge in [0.25, 0.3) is 5.85 Å². The van der Waals surface area contributed by atoms with Crippen molar-refractivity contribution >= 4 is 0 Å². The zero-order valence-corrected chi connectivity index (χ0v) is 24.5. The Morgan fingerprint density at radius 1 is 0.596 bits per heavy atom. The minimum absolute atomic E-state index is 0.780. The van der Waals surface area contributed by atoms with Crippen molar-refractivity contribution in [2.24, 2.45) is 17.2 Å². The lowest BCUT2D eigenvalue weighted by Gasteiger charge is -2.60. The molecule has 0 spiro atoms. The molecule has 0 saturated carbocycles. The summed E-state index contributed by atoms with van der Waals surface area (Å²) in [5.41, 5.74) is 13.9. The van der Waals surface area contributed by atoms with E-state index in [0.717, 1.165) is 0 Å². The summed E-state index contributed by atoms with van der Waals surface area (Å²) in [6.45, 7) is -4.80. The van der Waals surface area contributed by atoms with Crippen molar-refractivity contribution < 1.29 is 99.2 Å². The van der Waals surface area contributed by atoms with Crippen LogP contribution in [-0.4, -0.2) is 214 Å². The molecule has 20 atom stereocenters. The van der Waals surface area contributed by atoms with Crippen LogP contribution in [0.3, 0.4) is 0 Å². The largest absolute Gasteiger partial charge is 0.394 e. The zero-order valence-electron chi connectivity index (χ0n) is 24.5. The van der Waals surface area contributed by atoms with E-state index in [4.69, 9.17) is 45.6 Å². The summed E-state index contributed by atoms with van der Waals surface area (Å²) in [4.78, 5) is 0. The third kappa shape index (κ3) is 6.20. The number of nitrogens with two attached hydrogens (primary N) is 3. The van der Waals surface area contributed by atoms with E-state index >= 15 is 4.39 Å². The molecule has 4 rings (SSSR count). The minimum atomic E-state index is -4.34. The zero-order chi connectivity index (χ0) is 35.4. The predicted molar refractivity (Wildman–Crippen MR) is 141 cm³/mol. The summed E-state index contributed by atoms with van der Waals surface area (Å²) in [5.74, 6) is -8.11. The molecule has 0 aromatic rings. The van der Waals surface area contributed by atoms with Gasteiger partial charge in [-0.25, -0.2) is 4.39 Å². The van der Waals surface area contributed by atoms with Crippen molar-refractivity contribution in [2.75, 3.05) is 26.4 Å². The maximum Gasteiger partial charge on any atom is 0.271 e. The average Bonchev–Trinajstić information content (AvgIpc) is 3.05. The molecule has 4 aliphatic rings. The maximum atomic E-state index is 16.0. The molecule has 23 heteroatoms. The lowest BCUT2D eigenvalue weighted by molar-refractivity contribution is -0.490. The van der Waals surface area contributed by atoms with Gasteiger partial charge in [-0.1, -0.05) is 0 Å². The van der Waals surface area contributed by atoms with Crippen LogP contribution in [0.25, 0.3) is 0 Å². The van der Waals surface area contributed by atoms with Gasteiger partial charge in [0.2, 0.25) is 11.4 Å². The molecule has 0 bridgehead atoms. The highest BCUT2D eigenvalue weighted by atomic mass is 19.2. The highest BCUT2D eigenvalue weighted by Gasteiger charge is 2.78. The minimum Gasteiger partial charge on any atom is -0.394 e. The number of rotatable bonds is 9. The Labute approximate surface area is 264 Å². The van der Waals surface area contributed by atoms with Crippen molar-refractivity contribution in [1.82, 2.24) is 0 Å². The second-order valence-electron chi connectivity index (χ2n) is 11.9. The van der Waals surface area contributed by atoms with E-state index in [9.17, 15) is 66.4 Å². The molecule has 0 amide bonds. The van der Waals surface area contributed by atoms with E-state index in [-0.39, 0.29) is 0 Å². The van der Waals surface area contributed by atoms with E-state index in [0.29, 0.717) is 0 Å². The molecule has 7 unspecified atom stereocenters. The number of aliphatic hydroxyl groups is 13. The lowest BCUT2D eigenvalue weighted by Crippen LogP contribution is -2.86. The van der Waals surface area contributed by atoms with E-state index in [1.807, 2.05) is 0 Å². The SMILES string of the molecule is N[C@H]1[C@@H](OC2[C@@H](CO)O[C@@H](OC3[C@@H](CO)O[C@@H](O)[C@H](N)[C@H]3O)[C@H](N)[C@H]2O)O[C@](CO)(C2(O)OC(CO)C(O)C(O)C2O)[C@@](O)(F)[C@@H]1O. The number of hydrogen-bond donors (Lipinski definition) is 16. The first-order chi connectivity index (χ1) is 21.9. The van der Waals surface area contributed by atoms with Crippen LogP contribution in [0.5, 0.6) is 0 Å². The van der Waals surface area contributed by atoms with Crippen molar-refractivity contribution in [2.45, 2.75) is 121 Å². The van der Waals surface area contributed by atoms with Crippen LogP contribution in [-0.2, 0) is 28.4 Å². The number of aliphatic hydroxyl groups excluding tert-OH is 11. The van der Waals surface area contributed by atoms with Crippen LogP contribution in [0.4, 0.5) is 4.39 Å². The van der Waals surface area contributed by atoms with Gasteiger partial charge in [-0.05, 0) is 0 Å². The first kappa shape index (κ1) is 38.8. The van der Waals surface area contributed by atoms with Gasteiger partial charge in [-0.3, -0.25) is 0 Å². The predicted octanol–water partition coefficient (Wildman–Crippen LogP) is -10.8. The Morgan fingerprint density at radius 2 is 1.11 bits per heavy atom. The smallest absolute Gasteiger partial charge is 0.271 e. The van der Waals surface area contributed by atoms with E-state index < -0.39 is 148 Å². The molecule has 19 N–H and O–H groups in total. The fraction of sp³-hybridized carbons (Fsp3) is 1.00. The Bertz CT molecular complexity index is 1050. The monoisotopic (exact) mass is 697 g/mol. The van der Waals surface area contributed by atoms with Gasteiger partial charge in [-0.15, -0.1) is 0 Å². The first-order valence-electron chi connectivity index (χ1n) is 14.5. The highest BCUT2D eigenvalue weighted by Crippen LogP contribution is 2.50. The highest BCUT2D eigenvalue weighted by molar-refractivity contribution is 5.18. The van der Waals surface area contributed by atoms with Crippen LogP contribution in [0.15, 0.2) is 0 Å². The van der Waals surface area contributed by atoms with Crippen LogP contribution >= 0.6 is 0 Å². The van der Waals surface area contributed by atoms with Gasteiger partial charge in [0.1, 0.15) is 67.1 Å². The van der Waals surface area contributed by atoms with Gasteiger partial charge in [0.05, 0.1) is 44.6 Å². The molecule has 0 aromatic carbocycles. The van der Waals surface area contributed by atoms with Gasteiger partial charge < -0.3 is 112 Å². The van der Waals surface area contributed by atoms with E-state index in [1.165, 1.54) is 0 Å². The quantitative estimate of drug-likeness (QED) is 0.106. The van der Waals surface area contributed by atoms with Crippen LogP contribution < -0.4 is 17.2 Å². The topological polar surface area (TPSA) is 396 Å². The number of alkyl halides is 1. The Kier molecular flexibility index (Phi) is 11.9. The average molecular weight is 698 g/mol. The van der Waals surface area contributed by atoms with Gasteiger partial charge in [0, 0.05) is 0 Å². The summed E-state index contributed by atoms with van der Waals surface area (Å²) >= 11 is 0. The van der Waals surface area contributed by atoms with Crippen LogP contribution in [0.2, 0.25) is 0 Å². The lowest BCUT2D eigenvalue weighted by atomic mass is 9.73. The summed E-state index contributed by atoms with van der Waals surface area (Å²) < 4.78 is 48.4. The maximum absolute atomic E-state index is 16.0. The van der Waals surface area contributed by atoms with Gasteiger partial charge in [0.15, 0.2) is 18.9 Å². The summed E-state index contributed by atoms with van der Waals surface area (Å²) in [7, 11) is 0. The van der Waals surface area contributed by atoms with Crippen LogP contribution in [0, 0.1) is 0 Å². The first-order valence-corrected chi connectivity index (χ1v) is 14.5. The number of hydrogen-bond acceptors (Lipinski definition) is 22. The molecule has 0 aliphatic carbocycles. The van der Waals surface area contributed by atoms with Crippen molar-refractivity contribution in [3.05, 3.63) is 0 Å². The second kappa shape index (κ2) is 14.3. The number of halogens is 1. The van der Waals surface area contributed by atoms with Crippen molar-refractivity contribution in [3.63, 3.8) is 0 Å². The van der Waals surface area contributed by atoms with Crippen molar-refractivity contribution in [1.29, 1.82) is 0 Å². The molecule has 4 saturated heterocycles. The fourth-order valence-corrected chi connectivity index (χ4v) is 6.16. The molecule has 4 fully saturated rings. The van der Waals surface area contributed by atoms with Gasteiger partial charge in [-0.2, -0.15) is 0 Å². The van der Waals surface area contributed by atoms with E-state index in [2.05, 4.69) is 0 Å². The molecular formula is C24H44FN3O19. The van der Waals surface area contributed by atoms with E-state index in [1.54, 1.807) is 0 Å². The Morgan fingerprint density at radius 3 is 1.64 bits per heavy atom. The van der Waals surface area contributed by atoms with Crippen LogP contribution in [0.1, 0.15) is 0 Å². The third-order valence-corrected chi connectivity index (χ3v) is 9.13. The third-order valence-electron chi connectivity index (χ3n) is 9.13. The molecule has 0 radical (unpaired) electrons. The molecule has 0 aromatic heterocycles. The molecule has 4 heterocycles. The standard InChI is InChI=1S/C24H44FN3O19/c25-23(40)17(37)10(28)21(47-22(23,4-32)24(41)18(38)14(36)11(33)5(1-29)46-24)45-16-7(3-31)43-20(9(27)13(16)35)44-15-6(2-30)42-19(39)8(26)12(15)34/h5-21,29-41H,1-4,26-28H2/t5?,6-,7-,8-,9-,10-,11?,12-,13-,14?,15?,16?,17-,18?,19-,20+,21+,22+,23-,24?/m1/s1. The summed E-state index contributed by atoms with van der Waals surface area (Å²) in [5, 5.41) is 135. The van der Waals surface area contributed by atoms with Crippen molar-refractivity contribution in [3.8, 4) is 0 Å². The molecular weight excluding hydrogens is 653 g/mol. The summed E-state index contributed by atoms with van der Waals surface area (Å²) in [6, 6.07) is -5.20. The molecule has 4 aliphatic heterocycles. The normalized spacial score (nSPS) is 56.0. The second-order valence-corrected chi connectivity index (χ2v) is 11.9. The Hall–Kier alpha value is -0.950. The molecule has 22 nitrogen and oxygen atoms in total. The van der Waals surface area contributed by atoms with Gasteiger partial charge >= 0.3 is 0 Å². The fourth-order valence-electron chi connectivity index (χ4n) is 6.16. The molecule has 47 heavy (non-hydrogen) atoms. The molecule has 276 valence electrons. The Balaban J connectivity index is 1.62.